The van der Waals surface area contributed by atoms with Crippen LogP contribution in [0, 0.1) is 5.41 Å². The Labute approximate surface area is 100 Å². The van der Waals surface area contributed by atoms with Crippen molar-refractivity contribution in [3.05, 3.63) is 29.8 Å². The second-order valence-electron chi connectivity index (χ2n) is 5.19. The molecule has 1 aliphatic heterocycles. The van der Waals surface area contributed by atoms with Crippen LogP contribution >= 0.6 is 0 Å². The molecule has 1 atom stereocenters. The van der Waals surface area contributed by atoms with Crippen LogP contribution < -0.4 is 4.74 Å². The summed E-state index contributed by atoms with van der Waals surface area (Å²) in [6.07, 6.45) is 3.61. The molecule has 17 heavy (non-hydrogen) atoms. The van der Waals surface area contributed by atoms with Gasteiger partial charge in [-0.05, 0) is 24.5 Å². The smallest absolute Gasteiger partial charge is 0.303 e. The largest absolute Gasteiger partial charge is 0.493 e. The lowest BCUT2D eigenvalue weighted by atomic mass is 9.58. The number of carboxylic acid groups (broad SMARTS) is 1. The Kier molecular flexibility index (Phi) is 2.35. The van der Waals surface area contributed by atoms with Crippen molar-refractivity contribution in [2.24, 2.45) is 5.41 Å². The molecule has 1 aromatic rings. The first-order valence-electron chi connectivity index (χ1n) is 6.15. The van der Waals surface area contributed by atoms with E-state index in [9.17, 15) is 4.79 Å². The predicted octanol–water partition coefficient (Wildman–Crippen LogP) is 2.81. The van der Waals surface area contributed by atoms with Gasteiger partial charge in [0.2, 0.25) is 0 Å². The van der Waals surface area contributed by atoms with Crippen LogP contribution in [0.15, 0.2) is 24.3 Å². The summed E-state index contributed by atoms with van der Waals surface area (Å²) >= 11 is 0. The molecule has 1 fully saturated rings. The number of hydrogen-bond donors (Lipinski definition) is 1. The van der Waals surface area contributed by atoms with Crippen LogP contribution in [0.3, 0.4) is 0 Å². The molecule has 1 saturated carbocycles. The summed E-state index contributed by atoms with van der Waals surface area (Å²) in [5.41, 5.74) is 1.17. The second kappa shape index (κ2) is 3.76. The summed E-state index contributed by atoms with van der Waals surface area (Å²) in [5, 5.41) is 9.10. The van der Waals surface area contributed by atoms with Gasteiger partial charge in [0.15, 0.2) is 0 Å². The number of aliphatic carboxylic acids is 1. The fraction of sp³-hybridized carbons (Fsp3) is 0.500. The van der Waals surface area contributed by atoms with E-state index in [1.165, 1.54) is 6.42 Å². The van der Waals surface area contributed by atoms with Gasteiger partial charge in [0.25, 0.3) is 0 Å². The number of para-hydroxylation sites is 1. The number of ether oxygens (including phenoxy) is 1. The van der Waals surface area contributed by atoms with E-state index in [4.69, 9.17) is 9.84 Å². The lowest BCUT2D eigenvalue weighted by molar-refractivity contribution is -0.139. The standard InChI is InChI=1S/C14H16O3/c15-13(16)8-11-10-4-1-2-5-12(10)17-9-14(11)6-3-7-14/h1-2,4-5,11H,3,6-9H2,(H,15,16). The maximum atomic E-state index is 11.1. The van der Waals surface area contributed by atoms with Crippen molar-refractivity contribution in [2.75, 3.05) is 6.61 Å². The fourth-order valence-corrected chi connectivity index (χ4v) is 3.18. The third-order valence-corrected chi connectivity index (χ3v) is 4.28. The van der Waals surface area contributed by atoms with Gasteiger partial charge in [0, 0.05) is 11.3 Å². The van der Waals surface area contributed by atoms with Crippen molar-refractivity contribution >= 4 is 5.97 Å². The monoisotopic (exact) mass is 232 g/mol. The molecule has 0 saturated heterocycles. The quantitative estimate of drug-likeness (QED) is 0.852. The highest BCUT2D eigenvalue weighted by Crippen LogP contribution is 2.56. The molecule has 1 aliphatic carbocycles. The Hall–Kier alpha value is -1.51. The van der Waals surface area contributed by atoms with Crippen LogP contribution in [0.1, 0.15) is 37.2 Å². The number of rotatable bonds is 2. The van der Waals surface area contributed by atoms with Crippen LogP contribution in [0.5, 0.6) is 5.75 Å². The summed E-state index contributed by atoms with van der Waals surface area (Å²) < 4.78 is 5.80. The van der Waals surface area contributed by atoms with Gasteiger partial charge in [0.1, 0.15) is 5.75 Å². The van der Waals surface area contributed by atoms with Crippen molar-refractivity contribution in [1.29, 1.82) is 0 Å². The molecule has 2 aliphatic rings. The first-order valence-corrected chi connectivity index (χ1v) is 6.15. The molecular formula is C14H16O3. The number of fused-ring (bicyclic) bond motifs is 1. The Morgan fingerprint density at radius 3 is 2.82 bits per heavy atom. The van der Waals surface area contributed by atoms with Crippen LogP contribution in [-0.4, -0.2) is 17.7 Å². The number of carboxylic acids is 1. The van der Waals surface area contributed by atoms with Gasteiger partial charge < -0.3 is 9.84 Å². The van der Waals surface area contributed by atoms with Crippen LogP contribution in [0.2, 0.25) is 0 Å². The third-order valence-electron chi connectivity index (χ3n) is 4.28. The second-order valence-corrected chi connectivity index (χ2v) is 5.19. The first-order chi connectivity index (χ1) is 8.21. The van der Waals surface area contributed by atoms with Gasteiger partial charge >= 0.3 is 5.97 Å². The zero-order valence-electron chi connectivity index (χ0n) is 9.69. The summed E-state index contributed by atoms with van der Waals surface area (Å²) in [4.78, 5) is 11.1. The maximum Gasteiger partial charge on any atom is 0.303 e. The predicted molar refractivity (Wildman–Crippen MR) is 63.2 cm³/mol. The van der Waals surface area contributed by atoms with E-state index < -0.39 is 5.97 Å². The molecule has 0 bridgehead atoms. The third kappa shape index (κ3) is 1.61. The highest BCUT2D eigenvalue weighted by Gasteiger charge is 2.49. The lowest BCUT2D eigenvalue weighted by Gasteiger charge is -2.50. The van der Waals surface area contributed by atoms with Crippen molar-refractivity contribution < 1.29 is 14.6 Å². The molecule has 1 aromatic carbocycles. The first kappa shape index (κ1) is 10.6. The number of benzene rings is 1. The summed E-state index contributed by atoms with van der Waals surface area (Å²) in [6.45, 7) is 0.682. The highest BCUT2D eigenvalue weighted by atomic mass is 16.5. The molecular weight excluding hydrogens is 216 g/mol. The van der Waals surface area contributed by atoms with E-state index in [1.807, 2.05) is 24.3 Å². The molecule has 0 aromatic heterocycles. The minimum absolute atomic E-state index is 0.0900. The van der Waals surface area contributed by atoms with Crippen molar-refractivity contribution in [1.82, 2.24) is 0 Å². The van der Waals surface area contributed by atoms with E-state index in [0.29, 0.717) is 6.61 Å². The summed E-state index contributed by atoms with van der Waals surface area (Å²) in [7, 11) is 0. The Balaban J connectivity index is 2.00. The molecule has 1 unspecified atom stereocenters. The molecule has 3 rings (SSSR count). The Morgan fingerprint density at radius 2 is 2.18 bits per heavy atom. The zero-order chi connectivity index (χ0) is 11.9. The van der Waals surface area contributed by atoms with Crippen LogP contribution in [0.4, 0.5) is 0 Å². The zero-order valence-corrected chi connectivity index (χ0v) is 9.69. The van der Waals surface area contributed by atoms with Crippen molar-refractivity contribution in [2.45, 2.75) is 31.6 Å². The molecule has 3 nitrogen and oxygen atoms in total. The number of carbonyl (C=O) groups is 1. The summed E-state index contributed by atoms with van der Waals surface area (Å²) in [6, 6.07) is 7.86. The van der Waals surface area contributed by atoms with E-state index in [-0.39, 0.29) is 17.8 Å². The normalized spacial score (nSPS) is 24.6. The number of hydrogen-bond acceptors (Lipinski definition) is 2. The average Bonchev–Trinajstić information content (AvgIpc) is 2.27. The van der Waals surface area contributed by atoms with Gasteiger partial charge in [-0.2, -0.15) is 0 Å². The lowest BCUT2D eigenvalue weighted by Crippen LogP contribution is -2.44. The molecule has 90 valence electrons. The molecule has 1 spiro atoms. The molecule has 0 amide bonds. The van der Waals surface area contributed by atoms with Crippen molar-refractivity contribution in [3.8, 4) is 5.75 Å². The SMILES string of the molecule is O=C(O)CC1c2ccccc2OCC12CCC2. The van der Waals surface area contributed by atoms with Crippen LogP contribution in [-0.2, 0) is 4.79 Å². The minimum Gasteiger partial charge on any atom is -0.493 e. The van der Waals surface area contributed by atoms with E-state index >= 15 is 0 Å². The van der Waals surface area contributed by atoms with Gasteiger partial charge in [-0.1, -0.05) is 24.6 Å². The highest BCUT2D eigenvalue weighted by molar-refractivity contribution is 5.69. The molecule has 1 heterocycles. The van der Waals surface area contributed by atoms with Gasteiger partial charge in [-0.15, -0.1) is 0 Å². The Bertz CT molecular complexity index is 449. The molecule has 1 N–H and O–H groups in total. The van der Waals surface area contributed by atoms with Gasteiger partial charge in [-0.25, -0.2) is 0 Å². The van der Waals surface area contributed by atoms with E-state index in [0.717, 1.165) is 24.2 Å². The minimum atomic E-state index is -0.710. The van der Waals surface area contributed by atoms with Crippen molar-refractivity contribution in [3.63, 3.8) is 0 Å². The van der Waals surface area contributed by atoms with Gasteiger partial charge in [-0.3, -0.25) is 4.79 Å². The average molecular weight is 232 g/mol. The topological polar surface area (TPSA) is 46.5 Å². The van der Waals surface area contributed by atoms with E-state index in [1.54, 1.807) is 0 Å². The fourth-order valence-electron chi connectivity index (χ4n) is 3.18. The molecule has 0 radical (unpaired) electrons. The van der Waals surface area contributed by atoms with Crippen LogP contribution in [0.25, 0.3) is 0 Å². The maximum absolute atomic E-state index is 11.1. The van der Waals surface area contributed by atoms with Gasteiger partial charge in [0.05, 0.1) is 13.0 Å². The molecule has 3 heteroatoms. The van der Waals surface area contributed by atoms with E-state index in [2.05, 4.69) is 0 Å². The Morgan fingerprint density at radius 1 is 1.41 bits per heavy atom. The summed E-state index contributed by atoms with van der Waals surface area (Å²) in [5.74, 6) is 0.285.